The Morgan fingerprint density at radius 3 is 2.29 bits per heavy atom. The van der Waals surface area contributed by atoms with E-state index in [1.54, 1.807) is 48.5 Å². The van der Waals surface area contributed by atoms with Crippen molar-refractivity contribution in [3.63, 3.8) is 0 Å². The summed E-state index contributed by atoms with van der Waals surface area (Å²) in [5.74, 6) is 0.785. The number of fused-ring (bicyclic) bond motifs is 1. The Morgan fingerprint density at radius 1 is 0.839 bits per heavy atom. The molecule has 0 bridgehead atoms. The predicted molar refractivity (Wildman–Crippen MR) is 118 cm³/mol. The van der Waals surface area contributed by atoms with Gasteiger partial charge in [-0.15, -0.1) is 0 Å². The fourth-order valence-corrected chi connectivity index (χ4v) is 3.42. The molecule has 0 aliphatic rings. The Balaban J connectivity index is 1.65. The van der Waals surface area contributed by atoms with Gasteiger partial charge in [0, 0.05) is 27.8 Å². The first-order chi connectivity index (χ1) is 15.0. The molecule has 0 saturated heterocycles. The molecular weight excluding hydrogens is 394 g/mol. The van der Waals surface area contributed by atoms with Crippen LogP contribution in [0.3, 0.4) is 0 Å². The normalized spacial score (nSPS) is 10.7. The van der Waals surface area contributed by atoms with Crippen LogP contribution < -0.4 is 14.8 Å². The molecule has 156 valence electrons. The van der Waals surface area contributed by atoms with E-state index in [1.807, 2.05) is 25.1 Å². The molecule has 0 unspecified atom stereocenters. The van der Waals surface area contributed by atoms with Crippen LogP contribution in [0, 0.1) is 6.92 Å². The number of methoxy groups -OCH3 is 2. The first kappa shape index (κ1) is 20.2. The topological polar surface area (TPSA) is 77.8 Å². The van der Waals surface area contributed by atoms with Gasteiger partial charge in [0.25, 0.3) is 5.91 Å². The van der Waals surface area contributed by atoms with Gasteiger partial charge >= 0.3 is 0 Å². The highest BCUT2D eigenvalue weighted by Gasteiger charge is 2.21. The Labute approximate surface area is 179 Å². The predicted octanol–water partition coefficient (Wildman–Crippen LogP) is 5.24. The molecular formula is C25H21NO5. The molecule has 6 heteroatoms. The largest absolute Gasteiger partial charge is 0.493 e. The number of carbonyl (C=O) groups excluding carboxylic acids is 2. The number of ketones is 1. The third kappa shape index (κ3) is 3.88. The maximum atomic E-state index is 13.1. The molecule has 1 aromatic heterocycles. The summed E-state index contributed by atoms with van der Waals surface area (Å²) in [7, 11) is 3.06. The molecule has 0 atom stereocenters. The van der Waals surface area contributed by atoms with E-state index in [0.717, 1.165) is 5.39 Å². The molecule has 4 aromatic rings. The van der Waals surface area contributed by atoms with E-state index in [0.29, 0.717) is 39.5 Å². The highest BCUT2D eigenvalue weighted by molar-refractivity contribution is 6.11. The van der Waals surface area contributed by atoms with E-state index in [2.05, 4.69) is 5.32 Å². The number of hydrogen-bond donors (Lipinski definition) is 1. The lowest BCUT2D eigenvalue weighted by Crippen LogP contribution is -2.11. The second-order valence-corrected chi connectivity index (χ2v) is 6.99. The summed E-state index contributed by atoms with van der Waals surface area (Å²) < 4.78 is 16.4. The van der Waals surface area contributed by atoms with Crippen LogP contribution in [0.5, 0.6) is 11.5 Å². The van der Waals surface area contributed by atoms with Crippen LogP contribution in [0.1, 0.15) is 32.0 Å². The van der Waals surface area contributed by atoms with E-state index >= 15 is 0 Å². The SMILES string of the molecule is COc1ccc(C(=O)c2oc3ccc(NC(=O)c4ccccc4)cc3c2C)cc1OC. The lowest BCUT2D eigenvalue weighted by Gasteiger charge is -2.08. The zero-order valence-corrected chi connectivity index (χ0v) is 17.4. The lowest BCUT2D eigenvalue weighted by molar-refractivity contribution is 0.101. The Morgan fingerprint density at radius 2 is 1.58 bits per heavy atom. The van der Waals surface area contributed by atoms with E-state index in [4.69, 9.17) is 13.9 Å². The van der Waals surface area contributed by atoms with Gasteiger partial charge in [-0.3, -0.25) is 9.59 Å². The van der Waals surface area contributed by atoms with Crippen LogP contribution in [0.2, 0.25) is 0 Å². The van der Waals surface area contributed by atoms with Crippen molar-refractivity contribution in [3.8, 4) is 11.5 Å². The van der Waals surface area contributed by atoms with Crippen LogP contribution in [-0.2, 0) is 0 Å². The second-order valence-electron chi connectivity index (χ2n) is 6.99. The van der Waals surface area contributed by atoms with Crippen molar-refractivity contribution in [2.45, 2.75) is 6.92 Å². The maximum Gasteiger partial charge on any atom is 0.255 e. The van der Waals surface area contributed by atoms with Crippen LogP contribution in [0.25, 0.3) is 11.0 Å². The van der Waals surface area contributed by atoms with E-state index < -0.39 is 0 Å². The average molecular weight is 415 g/mol. The summed E-state index contributed by atoms with van der Waals surface area (Å²) in [6, 6.07) is 19.2. The molecule has 0 saturated carbocycles. The van der Waals surface area contributed by atoms with E-state index in [9.17, 15) is 9.59 Å². The molecule has 1 N–H and O–H groups in total. The van der Waals surface area contributed by atoms with E-state index in [1.165, 1.54) is 14.2 Å². The van der Waals surface area contributed by atoms with Gasteiger partial charge in [-0.2, -0.15) is 0 Å². The molecule has 1 heterocycles. The van der Waals surface area contributed by atoms with Gasteiger partial charge in [-0.1, -0.05) is 18.2 Å². The first-order valence-corrected chi connectivity index (χ1v) is 9.68. The molecule has 0 spiro atoms. The highest BCUT2D eigenvalue weighted by Crippen LogP contribution is 2.32. The number of carbonyl (C=O) groups is 2. The van der Waals surface area contributed by atoms with Crippen LogP contribution >= 0.6 is 0 Å². The zero-order chi connectivity index (χ0) is 22.0. The third-order valence-corrected chi connectivity index (χ3v) is 5.08. The number of anilines is 1. The smallest absolute Gasteiger partial charge is 0.255 e. The van der Waals surface area contributed by atoms with Gasteiger partial charge in [-0.25, -0.2) is 0 Å². The van der Waals surface area contributed by atoms with Crippen molar-refractivity contribution >= 4 is 28.3 Å². The zero-order valence-electron chi connectivity index (χ0n) is 17.4. The number of benzene rings is 3. The van der Waals surface area contributed by atoms with Crippen molar-refractivity contribution in [2.75, 3.05) is 19.5 Å². The highest BCUT2D eigenvalue weighted by atomic mass is 16.5. The van der Waals surface area contributed by atoms with Gasteiger partial charge in [0.05, 0.1) is 14.2 Å². The van der Waals surface area contributed by atoms with Crippen LogP contribution in [0.15, 0.2) is 71.1 Å². The number of furan rings is 1. The summed E-state index contributed by atoms with van der Waals surface area (Å²) >= 11 is 0. The molecule has 6 nitrogen and oxygen atoms in total. The van der Waals surface area contributed by atoms with E-state index in [-0.39, 0.29) is 17.5 Å². The van der Waals surface area contributed by atoms with Crippen molar-refractivity contribution in [2.24, 2.45) is 0 Å². The fourth-order valence-electron chi connectivity index (χ4n) is 3.42. The molecule has 31 heavy (non-hydrogen) atoms. The number of amides is 1. The Kier molecular flexibility index (Phi) is 5.45. The minimum Gasteiger partial charge on any atom is -0.493 e. The first-order valence-electron chi connectivity index (χ1n) is 9.68. The summed E-state index contributed by atoms with van der Waals surface area (Å²) in [4.78, 5) is 25.5. The monoisotopic (exact) mass is 415 g/mol. The minimum absolute atomic E-state index is 0.206. The van der Waals surface area contributed by atoms with Gasteiger partial charge in [0.2, 0.25) is 5.78 Å². The molecule has 0 aliphatic heterocycles. The molecule has 4 rings (SSSR count). The number of rotatable bonds is 6. The number of ether oxygens (including phenoxy) is 2. The second kappa shape index (κ2) is 8.36. The number of nitrogens with one attached hydrogen (secondary N) is 1. The quantitative estimate of drug-likeness (QED) is 0.436. The number of aryl methyl sites for hydroxylation is 1. The molecule has 3 aromatic carbocycles. The van der Waals surface area contributed by atoms with Crippen molar-refractivity contribution in [1.29, 1.82) is 0 Å². The van der Waals surface area contributed by atoms with Crippen molar-refractivity contribution < 1.29 is 23.5 Å². The Bertz CT molecular complexity index is 1270. The average Bonchev–Trinajstić information content (AvgIpc) is 3.14. The third-order valence-electron chi connectivity index (χ3n) is 5.08. The van der Waals surface area contributed by atoms with Crippen molar-refractivity contribution in [3.05, 3.63) is 89.2 Å². The van der Waals surface area contributed by atoms with Crippen molar-refractivity contribution in [1.82, 2.24) is 0 Å². The molecule has 0 fully saturated rings. The summed E-state index contributed by atoms with van der Waals surface area (Å²) in [6.07, 6.45) is 0. The van der Waals surface area contributed by atoms with Gasteiger partial charge in [0.15, 0.2) is 17.3 Å². The molecule has 0 radical (unpaired) electrons. The molecule has 1 amide bonds. The standard InChI is InChI=1S/C25H21NO5/c1-15-19-14-18(26-25(28)16-7-5-4-6-8-16)10-12-20(19)31-24(15)23(27)17-9-11-21(29-2)22(13-17)30-3/h4-14H,1-3H3,(H,26,28). The maximum absolute atomic E-state index is 13.1. The minimum atomic E-state index is -0.260. The Hall–Kier alpha value is -4.06. The fraction of sp³-hybridized carbons (Fsp3) is 0.120. The molecule has 0 aliphatic carbocycles. The van der Waals surface area contributed by atoms with Crippen LogP contribution in [-0.4, -0.2) is 25.9 Å². The van der Waals surface area contributed by atoms with Gasteiger partial charge in [0.1, 0.15) is 5.58 Å². The van der Waals surface area contributed by atoms with Crippen LogP contribution in [0.4, 0.5) is 5.69 Å². The number of hydrogen-bond acceptors (Lipinski definition) is 5. The summed E-state index contributed by atoms with van der Waals surface area (Å²) in [5.41, 5.74) is 2.88. The van der Waals surface area contributed by atoms with Gasteiger partial charge in [-0.05, 0) is 55.5 Å². The van der Waals surface area contributed by atoms with Gasteiger partial charge < -0.3 is 19.2 Å². The summed E-state index contributed by atoms with van der Waals surface area (Å²) in [5, 5.41) is 3.64. The summed E-state index contributed by atoms with van der Waals surface area (Å²) in [6.45, 7) is 1.82. The lowest BCUT2D eigenvalue weighted by atomic mass is 10.0.